The van der Waals surface area contributed by atoms with Gasteiger partial charge in [-0.2, -0.15) is 0 Å². The lowest BCUT2D eigenvalue weighted by Crippen LogP contribution is -2.00. The molecule has 0 spiro atoms. The lowest BCUT2D eigenvalue weighted by atomic mass is 10.1. The molecule has 0 radical (unpaired) electrons. The molecule has 0 aromatic heterocycles. The summed E-state index contributed by atoms with van der Waals surface area (Å²) >= 11 is 0. The van der Waals surface area contributed by atoms with E-state index in [4.69, 9.17) is 0 Å². The Bertz CT molecular complexity index is 364. The van der Waals surface area contributed by atoms with Crippen molar-refractivity contribution < 1.29 is 9.53 Å². The third-order valence-electron chi connectivity index (χ3n) is 1.73. The van der Waals surface area contributed by atoms with Gasteiger partial charge in [0.2, 0.25) is 0 Å². The average molecular weight is 188 g/mol. The van der Waals surface area contributed by atoms with Crippen molar-refractivity contribution in [2.45, 2.75) is 0 Å². The molecular weight excluding hydrogens is 176 g/mol. The predicted octanol–water partition coefficient (Wildman–Crippen LogP) is 2.67. The van der Waals surface area contributed by atoms with Crippen LogP contribution in [0.5, 0.6) is 0 Å². The minimum Gasteiger partial charge on any atom is -0.465 e. The van der Waals surface area contributed by atoms with E-state index in [9.17, 15) is 4.79 Å². The SMILES string of the molecule is C=CC=Cc1cccc(C(=O)OC)c1. The van der Waals surface area contributed by atoms with Crippen molar-refractivity contribution in [1.29, 1.82) is 0 Å². The third kappa shape index (κ3) is 2.59. The maximum Gasteiger partial charge on any atom is 0.337 e. The van der Waals surface area contributed by atoms with E-state index in [0.717, 1.165) is 5.56 Å². The second kappa shape index (κ2) is 5.02. The van der Waals surface area contributed by atoms with Gasteiger partial charge in [-0.15, -0.1) is 0 Å². The van der Waals surface area contributed by atoms with Gasteiger partial charge < -0.3 is 4.74 Å². The Kier molecular flexibility index (Phi) is 3.68. The molecule has 72 valence electrons. The van der Waals surface area contributed by atoms with Crippen molar-refractivity contribution in [3.05, 3.63) is 54.1 Å². The number of ether oxygens (including phenoxy) is 1. The molecule has 0 saturated heterocycles. The number of carbonyl (C=O) groups excluding carboxylic acids is 1. The summed E-state index contributed by atoms with van der Waals surface area (Å²) in [7, 11) is 1.37. The minimum absolute atomic E-state index is 0.321. The Morgan fingerprint density at radius 1 is 1.50 bits per heavy atom. The second-order valence-corrected chi connectivity index (χ2v) is 2.71. The van der Waals surface area contributed by atoms with Gasteiger partial charge in [-0.1, -0.05) is 36.9 Å². The molecule has 1 aromatic carbocycles. The summed E-state index contributed by atoms with van der Waals surface area (Å²) in [5.74, 6) is -0.321. The van der Waals surface area contributed by atoms with E-state index in [2.05, 4.69) is 11.3 Å². The van der Waals surface area contributed by atoms with Gasteiger partial charge in [0, 0.05) is 0 Å². The van der Waals surface area contributed by atoms with E-state index in [1.54, 1.807) is 18.2 Å². The zero-order valence-corrected chi connectivity index (χ0v) is 8.07. The van der Waals surface area contributed by atoms with Gasteiger partial charge in [-0.3, -0.25) is 0 Å². The first-order chi connectivity index (χ1) is 6.77. The predicted molar refractivity (Wildman–Crippen MR) is 57.0 cm³/mol. The molecule has 0 N–H and O–H groups in total. The molecule has 0 heterocycles. The monoisotopic (exact) mass is 188 g/mol. The standard InChI is InChI=1S/C12H12O2/c1-3-4-6-10-7-5-8-11(9-10)12(13)14-2/h3-9H,1H2,2H3. The number of hydrogen-bond acceptors (Lipinski definition) is 2. The first-order valence-corrected chi connectivity index (χ1v) is 4.25. The molecule has 14 heavy (non-hydrogen) atoms. The van der Waals surface area contributed by atoms with Gasteiger partial charge in [0.25, 0.3) is 0 Å². The third-order valence-corrected chi connectivity index (χ3v) is 1.73. The summed E-state index contributed by atoms with van der Waals surface area (Å²) in [6.45, 7) is 3.57. The largest absolute Gasteiger partial charge is 0.465 e. The number of carbonyl (C=O) groups is 1. The molecule has 2 nitrogen and oxygen atoms in total. The fourth-order valence-corrected chi connectivity index (χ4v) is 1.07. The van der Waals surface area contributed by atoms with Crippen molar-refractivity contribution >= 4 is 12.0 Å². The molecule has 0 saturated carbocycles. The topological polar surface area (TPSA) is 26.3 Å². The van der Waals surface area contributed by atoms with E-state index < -0.39 is 0 Å². The molecule has 1 aromatic rings. The Morgan fingerprint density at radius 2 is 2.29 bits per heavy atom. The van der Waals surface area contributed by atoms with Gasteiger partial charge >= 0.3 is 5.97 Å². The molecule has 1 rings (SSSR count). The number of hydrogen-bond donors (Lipinski definition) is 0. The number of allylic oxidation sites excluding steroid dienone is 2. The lowest BCUT2D eigenvalue weighted by Gasteiger charge is -1.99. The van der Waals surface area contributed by atoms with Gasteiger partial charge in [0.15, 0.2) is 0 Å². The zero-order valence-electron chi connectivity index (χ0n) is 8.07. The Balaban J connectivity index is 2.94. The molecule has 0 aliphatic heterocycles. The summed E-state index contributed by atoms with van der Waals surface area (Å²) in [5.41, 5.74) is 1.51. The van der Waals surface area contributed by atoms with Crippen LogP contribution in [0.15, 0.2) is 43.0 Å². The highest BCUT2D eigenvalue weighted by Crippen LogP contribution is 2.08. The van der Waals surface area contributed by atoms with Crippen LogP contribution in [0.2, 0.25) is 0 Å². The molecule has 0 unspecified atom stereocenters. The molecule has 0 aliphatic rings. The van der Waals surface area contributed by atoms with E-state index in [1.165, 1.54) is 7.11 Å². The van der Waals surface area contributed by atoms with Crippen molar-refractivity contribution in [2.24, 2.45) is 0 Å². The highest BCUT2D eigenvalue weighted by molar-refractivity contribution is 5.89. The summed E-state index contributed by atoms with van der Waals surface area (Å²) in [6, 6.07) is 7.21. The highest BCUT2D eigenvalue weighted by atomic mass is 16.5. The quantitative estimate of drug-likeness (QED) is 0.538. The van der Waals surface area contributed by atoms with Crippen LogP contribution in [-0.2, 0) is 4.74 Å². The van der Waals surface area contributed by atoms with E-state index in [-0.39, 0.29) is 5.97 Å². The Morgan fingerprint density at radius 3 is 2.93 bits per heavy atom. The van der Waals surface area contributed by atoms with Crippen molar-refractivity contribution in [3.63, 3.8) is 0 Å². The summed E-state index contributed by atoms with van der Waals surface area (Å²) in [5, 5.41) is 0. The Labute approximate surface area is 83.5 Å². The fourth-order valence-electron chi connectivity index (χ4n) is 1.07. The number of rotatable bonds is 3. The van der Waals surface area contributed by atoms with Crippen LogP contribution >= 0.6 is 0 Å². The summed E-state index contributed by atoms with van der Waals surface area (Å²) in [4.78, 5) is 11.2. The van der Waals surface area contributed by atoms with Gasteiger partial charge in [-0.25, -0.2) is 4.79 Å². The summed E-state index contributed by atoms with van der Waals surface area (Å²) in [6.07, 6.45) is 5.38. The zero-order chi connectivity index (χ0) is 10.4. The van der Waals surface area contributed by atoms with Crippen LogP contribution in [0, 0.1) is 0 Å². The van der Waals surface area contributed by atoms with Gasteiger partial charge in [0.05, 0.1) is 12.7 Å². The smallest absolute Gasteiger partial charge is 0.337 e. The molecule has 0 bridgehead atoms. The van der Waals surface area contributed by atoms with E-state index in [0.29, 0.717) is 5.56 Å². The van der Waals surface area contributed by atoms with Gasteiger partial charge in [-0.05, 0) is 17.7 Å². The number of benzene rings is 1. The molecule has 2 heteroatoms. The number of methoxy groups -OCH3 is 1. The first-order valence-electron chi connectivity index (χ1n) is 4.25. The lowest BCUT2D eigenvalue weighted by molar-refractivity contribution is 0.0600. The maximum absolute atomic E-state index is 11.2. The van der Waals surface area contributed by atoms with E-state index in [1.807, 2.05) is 24.3 Å². The maximum atomic E-state index is 11.2. The van der Waals surface area contributed by atoms with Crippen LogP contribution in [0.1, 0.15) is 15.9 Å². The Hall–Kier alpha value is -1.83. The highest BCUT2D eigenvalue weighted by Gasteiger charge is 2.03. The summed E-state index contributed by atoms with van der Waals surface area (Å²) < 4.78 is 4.61. The number of esters is 1. The van der Waals surface area contributed by atoms with Crippen molar-refractivity contribution in [1.82, 2.24) is 0 Å². The first kappa shape index (κ1) is 10.3. The van der Waals surface area contributed by atoms with Crippen molar-refractivity contribution in [3.8, 4) is 0 Å². The second-order valence-electron chi connectivity index (χ2n) is 2.71. The van der Waals surface area contributed by atoms with Crippen LogP contribution in [0.25, 0.3) is 6.08 Å². The molecule has 0 fully saturated rings. The van der Waals surface area contributed by atoms with Crippen LogP contribution in [-0.4, -0.2) is 13.1 Å². The van der Waals surface area contributed by atoms with Crippen LogP contribution < -0.4 is 0 Å². The molecular formula is C12H12O2. The van der Waals surface area contributed by atoms with Crippen LogP contribution in [0.4, 0.5) is 0 Å². The normalized spacial score (nSPS) is 10.1. The van der Waals surface area contributed by atoms with Gasteiger partial charge in [0.1, 0.15) is 0 Å². The fraction of sp³-hybridized carbons (Fsp3) is 0.0833. The van der Waals surface area contributed by atoms with E-state index >= 15 is 0 Å². The van der Waals surface area contributed by atoms with Crippen molar-refractivity contribution in [2.75, 3.05) is 7.11 Å². The molecule has 0 amide bonds. The minimum atomic E-state index is -0.321. The molecule has 0 aliphatic carbocycles. The van der Waals surface area contributed by atoms with Crippen LogP contribution in [0.3, 0.4) is 0 Å². The average Bonchev–Trinajstić information content (AvgIpc) is 2.25. The molecule has 0 atom stereocenters.